The van der Waals surface area contributed by atoms with E-state index in [1.165, 1.54) is 18.2 Å². The molecule has 0 fully saturated rings. The van der Waals surface area contributed by atoms with Gasteiger partial charge < -0.3 is 10.4 Å². The minimum Gasteiger partial charge on any atom is -0.478 e. The number of aromatic carboxylic acids is 1. The zero-order valence-corrected chi connectivity index (χ0v) is 11.6. The summed E-state index contributed by atoms with van der Waals surface area (Å²) >= 11 is 5.75. The van der Waals surface area contributed by atoms with Gasteiger partial charge in [-0.15, -0.1) is 0 Å². The Morgan fingerprint density at radius 1 is 1.14 bits per heavy atom. The SMILES string of the molecule is O=C(O)c1cc(Cl)ccc1NCCc1cc(F)cc(F)c1. The Hall–Kier alpha value is -2.14. The Morgan fingerprint density at radius 3 is 2.43 bits per heavy atom. The van der Waals surface area contributed by atoms with Crippen molar-refractivity contribution in [1.82, 2.24) is 0 Å². The molecule has 2 aromatic carbocycles. The maximum absolute atomic E-state index is 13.0. The molecule has 0 unspecified atom stereocenters. The van der Waals surface area contributed by atoms with Gasteiger partial charge in [-0.25, -0.2) is 13.6 Å². The first-order chi connectivity index (χ1) is 9.95. The van der Waals surface area contributed by atoms with Crippen molar-refractivity contribution in [1.29, 1.82) is 0 Å². The van der Waals surface area contributed by atoms with Crippen molar-refractivity contribution < 1.29 is 18.7 Å². The first kappa shape index (κ1) is 15.3. The summed E-state index contributed by atoms with van der Waals surface area (Å²) in [5.41, 5.74) is 0.947. The van der Waals surface area contributed by atoms with Gasteiger partial charge >= 0.3 is 5.97 Å². The maximum Gasteiger partial charge on any atom is 0.337 e. The van der Waals surface area contributed by atoms with E-state index in [0.717, 1.165) is 6.07 Å². The smallest absolute Gasteiger partial charge is 0.337 e. The van der Waals surface area contributed by atoms with Crippen LogP contribution in [-0.2, 0) is 6.42 Å². The molecule has 0 amide bonds. The second-order valence-corrected chi connectivity index (χ2v) is 4.89. The molecule has 2 rings (SSSR count). The number of carboxylic acid groups (broad SMARTS) is 1. The molecule has 0 aromatic heterocycles. The largest absolute Gasteiger partial charge is 0.478 e. The molecule has 0 radical (unpaired) electrons. The average molecular weight is 312 g/mol. The predicted molar refractivity (Wildman–Crippen MR) is 77.0 cm³/mol. The van der Waals surface area contributed by atoms with Crippen LogP contribution >= 0.6 is 11.6 Å². The van der Waals surface area contributed by atoms with Crippen LogP contribution in [-0.4, -0.2) is 17.6 Å². The third-order valence-corrected chi connectivity index (χ3v) is 3.10. The predicted octanol–water partition coefficient (Wildman–Crippen LogP) is 3.97. The summed E-state index contributed by atoms with van der Waals surface area (Å²) in [7, 11) is 0. The number of hydrogen-bond donors (Lipinski definition) is 2. The summed E-state index contributed by atoms with van der Waals surface area (Å²) in [6, 6.07) is 7.75. The molecular formula is C15H12ClF2NO2. The van der Waals surface area contributed by atoms with Crippen LogP contribution in [0, 0.1) is 11.6 Å². The van der Waals surface area contributed by atoms with Gasteiger partial charge in [0.05, 0.1) is 5.56 Å². The van der Waals surface area contributed by atoms with Crippen molar-refractivity contribution in [3.8, 4) is 0 Å². The highest BCUT2D eigenvalue weighted by Crippen LogP contribution is 2.21. The molecule has 0 heterocycles. The molecule has 6 heteroatoms. The summed E-state index contributed by atoms with van der Waals surface area (Å²) in [6.45, 7) is 0.338. The van der Waals surface area contributed by atoms with Crippen LogP contribution in [0.15, 0.2) is 36.4 Å². The summed E-state index contributed by atoms with van der Waals surface area (Å²) < 4.78 is 26.1. The van der Waals surface area contributed by atoms with E-state index >= 15 is 0 Å². The molecule has 0 aliphatic heterocycles. The lowest BCUT2D eigenvalue weighted by atomic mass is 10.1. The van der Waals surface area contributed by atoms with Crippen molar-refractivity contribution in [2.24, 2.45) is 0 Å². The monoisotopic (exact) mass is 311 g/mol. The third-order valence-electron chi connectivity index (χ3n) is 2.86. The van der Waals surface area contributed by atoms with Gasteiger partial charge in [-0.1, -0.05) is 11.6 Å². The standard InChI is InChI=1S/C15H12ClF2NO2/c16-10-1-2-14(13(7-10)15(20)21)19-4-3-9-5-11(17)8-12(18)6-9/h1-2,5-8,19H,3-4H2,(H,20,21). The van der Waals surface area contributed by atoms with E-state index in [0.29, 0.717) is 29.2 Å². The summed E-state index contributed by atoms with van der Waals surface area (Å²) in [5.74, 6) is -2.37. The van der Waals surface area contributed by atoms with Crippen molar-refractivity contribution in [2.75, 3.05) is 11.9 Å². The lowest BCUT2D eigenvalue weighted by Crippen LogP contribution is -2.09. The first-order valence-corrected chi connectivity index (χ1v) is 6.55. The van der Waals surface area contributed by atoms with Crippen molar-refractivity contribution >= 4 is 23.3 Å². The molecule has 0 aliphatic carbocycles. The zero-order chi connectivity index (χ0) is 15.4. The highest BCUT2D eigenvalue weighted by Gasteiger charge is 2.10. The van der Waals surface area contributed by atoms with Crippen LogP contribution in [0.3, 0.4) is 0 Å². The molecule has 3 nitrogen and oxygen atoms in total. The highest BCUT2D eigenvalue weighted by molar-refractivity contribution is 6.31. The molecule has 2 aromatic rings. The molecule has 21 heavy (non-hydrogen) atoms. The summed E-state index contributed by atoms with van der Waals surface area (Å²) in [6.07, 6.45) is 0.358. The minimum atomic E-state index is -1.10. The van der Waals surface area contributed by atoms with Crippen LogP contribution in [0.1, 0.15) is 15.9 Å². The number of halogens is 3. The molecule has 2 N–H and O–H groups in total. The highest BCUT2D eigenvalue weighted by atomic mass is 35.5. The normalized spacial score (nSPS) is 10.4. The maximum atomic E-state index is 13.0. The minimum absolute atomic E-state index is 0.0490. The fraction of sp³-hybridized carbons (Fsp3) is 0.133. The van der Waals surface area contributed by atoms with Crippen molar-refractivity contribution in [3.05, 3.63) is 64.2 Å². The third kappa shape index (κ3) is 4.16. The number of nitrogens with one attached hydrogen (secondary N) is 1. The topological polar surface area (TPSA) is 49.3 Å². The molecule has 0 bridgehead atoms. The molecule has 0 saturated carbocycles. The van der Waals surface area contributed by atoms with E-state index in [9.17, 15) is 13.6 Å². The van der Waals surface area contributed by atoms with Crippen molar-refractivity contribution in [3.63, 3.8) is 0 Å². The van der Waals surface area contributed by atoms with Gasteiger partial charge in [-0.05, 0) is 42.3 Å². The molecule has 0 saturated heterocycles. The van der Waals surface area contributed by atoms with Gasteiger partial charge in [-0.2, -0.15) is 0 Å². The van der Waals surface area contributed by atoms with E-state index in [2.05, 4.69) is 5.32 Å². The van der Waals surface area contributed by atoms with E-state index in [1.807, 2.05) is 0 Å². The van der Waals surface area contributed by atoms with E-state index in [-0.39, 0.29) is 5.56 Å². The second-order valence-electron chi connectivity index (χ2n) is 4.45. The number of hydrogen-bond acceptors (Lipinski definition) is 2. The van der Waals surface area contributed by atoms with E-state index in [4.69, 9.17) is 16.7 Å². The van der Waals surface area contributed by atoms with Gasteiger partial charge in [0, 0.05) is 23.3 Å². The lowest BCUT2D eigenvalue weighted by molar-refractivity contribution is 0.0698. The first-order valence-electron chi connectivity index (χ1n) is 6.17. The number of rotatable bonds is 5. The molecular weight excluding hydrogens is 300 g/mol. The fourth-order valence-corrected chi connectivity index (χ4v) is 2.12. The van der Waals surface area contributed by atoms with Crippen LogP contribution in [0.25, 0.3) is 0 Å². The van der Waals surface area contributed by atoms with E-state index < -0.39 is 17.6 Å². The Balaban J connectivity index is 2.05. The number of benzene rings is 2. The lowest BCUT2D eigenvalue weighted by Gasteiger charge is -2.10. The Morgan fingerprint density at radius 2 is 1.81 bits per heavy atom. The van der Waals surface area contributed by atoms with Crippen LogP contribution in [0.2, 0.25) is 5.02 Å². The number of carbonyl (C=O) groups is 1. The van der Waals surface area contributed by atoms with Gasteiger partial charge in [0.15, 0.2) is 0 Å². The second kappa shape index (κ2) is 6.54. The number of carboxylic acids is 1. The average Bonchev–Trinajstić information content (AvgIpc) is 2.39. The van der Waals surface area contributed by atoms with E-state index in [1.54, 1.807) is 12.1 Å². The van der Waals surface area contributed by atoms with Crippen LogP contribution < -0.4 is 5.32 Å². The van der Waals surface area contributed by atoms with Gasteiger partial charge in [0.25, 0.3) is 0 Å². The Kier molecular flexibility index (Phi) is 4.75. The Bertz CT molecular complexity index is 656. The van der Waals surface area contributed by atoms with Crippen molar-refractivity contribution in [2.45, 2.75) is 6.42 Å². The van der Waals surface area contributed by atoms with Crippen LogP contribution in [0.5, 0.6) is 0 Å². The molecule has 0 spiro atoms. The quantitative estimate of drug-likeness (QED) is 0.878. The van der Waals surface area contributed by atoms with Crippen LogP contribution in [0.4, 0.5) is 14.5 Å². The van der Waals surface area contributed by atoms with Gasteiger partial charge in [-0.3, -0.25) is 0 Å². The molecule has 0 aliphatic rings. The Labute approximate surface area is 125 Å². The summed E-state index contributed by atoms with van der Waals surface area (Å²) in [4.78, 5) is 11.1. The summed E-state index contributed by atoms with van der Waals surface area (Å²) in [5, 5.41) is 12.3. The molecule has 110 valence electrons. The molecule has 0 atom stereocenters. The van der Waals surface area contributed by atoms with Gasteiger partial charge in [0.2, 0.25) is 0 Å². The fourth-order valence-electron chi connectivity index (χ4n) is 1.94. The van der Waals surface area contributed by atoms with Gasteiger partial charge in [0.1, 0.15) is 11.6 Å². The zero-order valence-electron chi connectivity index (χ0n) is 10.9. The number of anilines is 1.